The smallest absolute Gasteiger partial charge is 0.261 e. The Morgan fingerprint density at radius 3 is 2.60 bits per heavy atom. The molecule has 0 aliphatic carbocycles. The minimum absolute atomic E-state index is 0.139. The van der Waals surface area contributed by atoms with Crippen molar-refractivity contribution < 1.29 is 23.8 Å². The molecule has 0 saturated carbocycles. The van der Waals surface area contributed by atoms with Gasteiger partial charge in [0.15, 0.2) is 16.6 Å². The van der Waals surface area contributed by atoms with Crippen molar-refractivity contribution in [2.45, 2.75) is 6.54 Å². The molecule has 1 aromatic heterocycles. The molecule has 1 aliphatic heterocycles. The van der Waals surface area contributed by atoms with Gasteiger partial charge >= 0.3 is 0 Å². The number of aromatic nitrogens is 1. The molecule has 4 rings (SSSR count). The van der Waals surface area contributed by atoms with Gasteiger partial charge in [-0.3, -0.25) is 19.4 Å². The molecule has 3 aromatic rings. The zero-order chi connectivity index (χ0) is 24.6. The maximum absolute atomic E-state index is 13.5. The molecule has 9 nitrogen and oxygen atoms in total. The summed E-state index contributed by atoms with van der Waals surface area (Å²) in [5.41, 5.74) is 1.80. The fraction of sp³-hybridized carbons (Fsp3) is 0.320. The van der Waals surface area contributed by atoms with Crippen LogP contribution in [0.4, 0.5) is 5.13 Å². The van der Waals surface area contributed by atoms with Crippen LogP contribution in [0.1, 0.15) is 26.3 Å². The maximum Gasteiger partial charge on any atom is 0.261 e. The lowest BCUT2D eigenvalue weighted by Gasteiger charge is -2.31. The second kappa shape index (κ2) is 11.8. The summed E-state index contributed by atoms with van der Waals surface area (Å²) >= 11 is 1.42. The zero-order valence-corrected chi connectivity index (χ0v) is 20.5. The fourth-order valence-electron chi connectivity index (χ4n) is 3.74. The molecule has 1 saturated heterocycles. The number of methoxy groups -OCH3 is 2. The SMILES string of the molecule is COc1ccc(C(=O)NCc2cccc(C(=O)N(CN3CCOCC3)c3nccs3)c2)cc1OC. The summed E-state index contributed by atoms with van der Waals surface area (Å²) in [5, 5.41) is 5.40. The number of ether oxygens (including phenoxy) is 3. The summed E-state index contributed by atoms with van der Waals surface area (Å²) in [7, 11) is 3.07. The fourth-order valence-corrected chi connectivity index (χ4v) is 4.37. The molecule has 0 bridgehead atoms. The van der Waals surface area contributed by atoms with E-state index in [4.69, 9.17) is 14.2 Å². The van der Waals surface area contributed by atoms with Crippen molar-refractivity contribution >= 4 is 28.3 Å². The minimum Gasteiger partial charge on any atom is -0.493 e. The minimum atomic E-state index is -0.251. The van der Waals surface area contributed by atoms with Crippen molar-refractivity contribution in [1.82, 2.24) is 15.2 Å². The molecule has 184 valence electrons. The van der Waals surface area contributed by atoms with Gasteiger partial charge in [-0.25, -0.2) is 4.98 Å². The number of amides is 2. The van der Waals surface area contributed by atoms with Crippen molar-refractivity contribution in [3.05, 3.63) is 70.7 Å². The average molecular weight is 497 g/mol. The first-order chi connectivity index (χ1) is 17.1. The molecule has 1 N–H and O–H groups in total. The standard InChI is InChI=1S/C25H28N4O5S/c1-32-21-7-6-19(15-22(21)33-2)23(30)27-16-18-4-3-5-20(14-18)24(31)29(25-26-8-13-35-25)17-28-9-11-34-12-10-28/h3-8,13-15H,9-12,16-17H2,1-2H3,(H,27,30). The molecule has 0 unspecified atom stereocenters. The number of nitrogens with zero attached hydrogens (tertiary/aromatic N) is 3. The van der Waals surface area contributed by atoms with E-state index >= 15 is 0 Å². The number of hydrogen-bond donors (Lipinski definition) is 1. The van der Waals surface area contributed by atoms with E-state index in [9.17, 15) is 9.59 Å². The van der Waals surface area contributed by atoms with Crippen LogP contribution in [0.2, 0.25) is 0 Å². The Hall–Kier alpha value is -3.47. The third kappa shape index (κ3) is 6.16. The Kier molecular flexibility index (Phi) is 8.30. The highest BCUT2D eigenvalue weighted by molar-refractivity contribution is 7.13. The van der Waals surface area contributed by atoms with Crippen LogP contribution in [0.15, 0.2) is 54.0 Å². The van der Waals surface area contributed by atoms with E-state index in [0.29, 0.717) is 47.6 Å². The van der Waals surface area contributed by atoms with Crippen LogP contribution < -0.4 is 19.7 Å². The number of rotatable bonds is 9. The van der Waals surface area contributed by atoms with E-state index in [1.54, 1.807) is 48.5 Å². The summed E-state index contributed by atoms with van der Waals surface area (Å²) in [6, 6.07) is 12.3. The number of anilines is 1. The van der Waals surface area contributed by atoms with Gasteiger partial charge in [0.25, 0.3) is 11.8 Å². The molecular weight excluding hydrogens is 468 g/mol. The highest BCUT2D eigenvalue weighted by Crippen LogP contribution is 2.27. The number of carbonyl (C=O) groups is 2. The normalized spacial score (nSPS) is 13.8. The molecule has 0 radical (unpaired) electrons. The van der Waals surface area contributed by atoms with E-state index in [1.165, 1.54) is 18.4 Å². The van der Waals surface area contributed by atoms with Gasteiger partial charge in [0.05, 0.1) is 34.1 Å². The van der Waals surface area contributed by atoms with Gasteiger partial charge in [-0.05, 0) is 35.9 Å². The van der Waals surface area contributed by atoms with E-state index in [-0.39, 0.29) is 18.4 Å². The Balaban J connectivity index is 1.45. The lowest BCUT2D eigenvalue weighted by atomic mass is 10.1. The Bertz CT molecular complexity index is 1150. The monoisotopic (exact) mass is 496 g/mol. The summed E-state index contributed by atoms with van der Waals surface area (Å²) in [6.45, 7) is 3.53. The predicted molar refractivity (Wildman–Crippen MR) is 133 cm³/mol. The lowest BCUT2D eigenvalue weighted by molar-refractivity contribution is 0.0373. The summed E-state index contributed by atoms with van der Waals surface area (Å²) in [4.78, 5) is 34.4. The zero-order valence-electron chi connectivity index (χ0n) is 19.7. The number of benzene rings is 2. The summed E-state index contributed by atoms with van der Waals surface area (Å²) in [5.74, 6) is 0.645. The Labute approximate surface area is 208 Å². The molecule has 0 spiro atoms. The van der Waals surface area contributed by atoms with Gasteiger partial charge in [-0.2, -0.15) is 0 Å². The van der Waals surface area contributed by atoms with Gasteiger partial charge in [0.2, 0.25) is 0 Å². The molecule has 1 aliphatic rings. The van der Waals surface area contributed by atoms with Gasteiger partial charge in [-0.1, -0.05) is 12.1 Å². The van der Waals surface area contributed by atoms with E-state index in [1.807, 2.05) is 17.5 Å². The molecule has 2 heterocycles. The van der Waals surface area contributed by atoms with Crippen LogP contribution in [0.25, 0.3) is 0 Å². The molecule has 35 heavy (non-hydrogen) atoms. The van der Waals surface area contributed by atoms with Crippen LogP contribution in [0, 0.1) is 0 Å². The highest BCUT2D eigenvalue weighted by Gasteiger charge is 2.24. The third-order valence-electron chi connectivity index (χ3n) is 5.61. The lowest BCUT2D eigenvalue weighted by Crippen LogP contribution is -2.46. The maximum atomic E-state index is 13.5. The molecule has 2 amide bonds. The first kappa shape index (κ1) is 24.6. The van der Waals surface area contributed by atoms with Gasteiger partial charge in [0, 0.05) is 42.3 Å². The number of morpholine rings is 1. The van der Waals surface area contributed by atoms with Crippen molar-refractivity contribution in [2.24, 2.45) is 0 Å². The van der Waals surface area contributed by atoms with Gasteiger partial charge < -0.3 is 19.5 Å². The van der Waals surface area contributed by atoms with E-state index in [2.05, 4.69) is 15.2 Å². The Morgan fingerprint density at radius 2 is 1.89 bits per heavy atom. The molecule has 10 heteroatoms. The van der Waals surface area contributed by atoms with Crippen molar-refractivity contribution in [1.29, 1.82) is 0 Å². The van der Waals surface area contributed by atoms with Crippen molar-refractivity contribution in [3.8, 4) is 11.5 Å². The van der Waals surface area contributed by atoms with Crippen LogP contribution in [-0.2, 0) is 11.3 Å². The third-order valence-corrected chi connectivity index (χ3v) is 6.41. The molecule has 1 fully saturated rings. The predicted octanol–water partition coefficient (Wildman–Crippen LogP) is 3.03. The van der Waals surface area contributed by atoms with Gasteiger partial charge in [-0.15, -0.1) is 11.3 Å². The molecule has 2 aromatic carbocycles. The van der Waals surface area contributed by atoms with Crippen molar-refractivity contribution in [3.63, 3.8) is 0 Å². The van der Waals surface area contributed by atoms with Crippen molar-refractivity contribution in [2.75, 3.05) is 52.1 Å². The number of nitrogens with one attached hydrogen (secondary N) is 1. The van der Waals surface area contributed by atoms with Crippen LogP contribution >= 0.6 is 11.3 Å². The van der Waals surface area contributed by atoms with E-state index in [0.717, 1.165) is 18.7 Å². The van der Waals surface area contributed by atoms with Crippen LogP contribution in [-0.4, -0.2) is 68.9 Å². The summed E-state index contributed by atoms with van der Waals surface area (Å²) in [6.07, 6.45) is 1.69. The summed E-state index contributed by atoms with van der Waals surface area (Å²) < 4.78 is 15.9. The molecular formula is C25H28N4O5S. The topological polar surface area (TPSA) is 93.2 Å². The first-order valence-electron chi connectivity index (χ1n) is 11.2. The second-order valence-corrected chi connectivity index (χ2v) is 8.75. The van der Waals surface area contributed by atoms with Gasteiger partial charge in [0.1, 0.15) is 0 Å². The quantitative estimate of drug-likeness (QED) is 0.487. The average Bonchev–Trinajstić information content (AvgIpc) is 3.45. The number of hydrogen-bond acceptors (Lipinski definition) is 8. The Morgan fingerprint density at radius 1 is 1.09 bits per heavy atom. The van der Waals surface area contributed by atoms with Crippen LogP contribution in [0.5, 0.6) is 11.5 Å². The molecule has 0 atom stereocenters. The largest absolute Gasteiger partial charge is 0.493 e. The first-order valence-corrected chi connectivity index (χ1v) is 12.1. The number of thiazole rings is 1. The van der Waals surface area contributed by atoms with Crippen LogP contribution in [0.3, 0.4) is 0 Å². The number of carbonyl (C=O) groups excluding carboxylic acids is 2. The highest BCUT2D eigenvalue weighted by atomic mass is 32.1. The second-order valence-electron chi connectivity index (χ2n) is 7.87. The van der Waals surface area contributed by atoms with E-state index < -0.39 is 0 Å².